The van der Waals surface area contributed by atoms with Gasteiger partial charge in [0.25, 0.3) is 0 Å². The van der Waals surface area contributed by atoms with Crippen molar-refractivity contribution in [2.24, 2.45) is 7.05 Å². The number of ether oxygens (including phenoxy) is 1. The Bertz CT molecular complexity index is 653. The van der Waals surface area contributed by atoms with Crippen LogP contribution in [0.1, 0.15) is 16.1 Å². The third-order valence-corrected chi connectivity index (χ3v) is 2.48. The number of aromatic carboxylic acids is 1. The van der Waals surface area contributed by atoms with Gasteiger partial charge in [-0.1, -0.05) is 0 Å². The molecule has 0 atom stereocenters. The normalized spacial score (nSPS) is 10.5. The Morgan fingerprint density at radius 1 is 1.42 bits per heavy atom. The van der Waals surface area contributed by atoms with Gasteiger partial charge < -0.3 is 9.84 Å². The molecule has 7 heteroatoms. The fraction of sp³-hybridized carbons (Fsp3) is 0.167. The monoisotopic (exact) mass is 268 g/mol. The SMILES string of the molecule is Cc1nn(C)c(Oc2cc(F)ccc2F)c1C(=O)O. The van der Waals surface area contributed by atoms with E-state index < -0.39 is 23.4 Å². The number of carbonyl (C=O) groups is 1. The van der Waals surface area contributed by atoms with Crippen LogP contribution in [0.25, 0.3) is 0 Å². The minimum atomic E-state index is -1.25. The van der Waals surface area contributed by atoms with Gasteiger partial charge in [0.05, 0.1) is 5.69 Å². The van der Waals surface area contributed by atoms with E-state index >= 15 is 0 Å². The van der Waals surface area contributed by atoms with Crippen molar-refractivity contribution in [3.8, 4) is 11.6 Å². The molecule has 1 heterocycles. The fourth-order valence-corrected chi connectivity index (χ4v) is 1.66. The largest absolute Gasteiger partial charge is 0.477 e. The van der Waals surface area contributed by atoms with Crippen LogP contribution in [0.2, 0.25) is 0 Å². The number of aryl methyl sites for hydroxylation is 2. The molecule has 0 spiro atoms. The fourth-order valence-electron chi connectivity index (χ4n) is 1.66. The Labute approximate surface area is 107 Å². The predicted molar refractivity (Wildman–Crippen MR) is 61.3 cm³/mol. The van der Waals surface area contributed by atoms with E-state index in [4.69, 9.17) is 9.84 Å². The summed E-state index contributed by atoms with van der Waals surface area (Å²) >= 11 is 0. The Kier molecular flexibility index (Phi) is 3.20. The zero-order chi connectivity index (χ0) is 14.2. The summed E-state index contributed by atoms with van der Waals surface area (Å²) in [5, 5.41) is 12.9. The summed E-state index contributed by atoms with van der Waals surface area (Å²) in [6.45, 7) is 1.48. The van der Waals surface area contributed by atoms with Gasteiger partial charge in [-0.05, 0) is 19.1 Å². The Balaban J connectivity index is 2.49. The van der Waals surface area contributed by atoms with Gasteiger partial charge in [0.1, 0.15) is 11.4 Å². The van der Waals surface area contributed by atoms with Crippen LogP contribution in [0.15, 0.2) is 18.2 Å². The smallest absolute Gasteiger partial charge is 0.343 e. The maximum Gasteiger partial charge on any atom is 0.343 e. The molecular formula is C12H10F2N2O3. The second-order valence-corrected chi connectivity index (χ2v) is 3.87. The molecule has 100 valence electrons. The number of halogens is 2. The molecule has 0 aliphatic carbocycles. The molecule has 2 rings (SSSR count). The van der Waals surface area contributed by atoms with Crippen molar-refractivity contribution in [3.63, 3.8) is 0 Å². The Morgan fingerprint density at radius 2 is 2.11 bits per heavy atom. The van der Waals surface area contributed by atoms with Gasteiger partial charge in [-0.3, -0.25) is 0 Å². The van der Waals surface area contributed by atoms with E-state index in [9.17, 15) is 13.6 Å². The zero-order valence-corrected chi connectivity index (χ0v) is 10.1. The second kappa shape index (κ2) is 4.68. The summed E-state index contributed by atoms with van der Waals surface area (Å²) in [4.78, 5) is 11.1. The highest BCUT2D eigenvalue weighted by Gasteiger charge is 2.22. The molecular weight excluding hydrogens is 258 g/mol. The minimum Gasteiger partial charge on any atom is -0.477 e. The molecule has 0 aliphatic heterocycles. The van der Waals surface area contributed by atoms with E-state index in [0.29, 0.717) is 0 Å². The first-order valence-corrected chi connectivity index (χ1v) is 5.30. The van der Waals surface area contributed by atoms with Gasteiger partial charge in [-0.2, -0.15) is 5.10 Å². The summed E-state index contributed by atoms with van der Waals surface area (Å²) in [6, 6.07) is 2.67. The van der Waals surface area contributed by atoms with Crippen molar-refractivity contribution in [2.75, 3.05) is 0 Å². The molecule has 0 aliphatic rings. The maximum absolute atomic E-state index is 13.5. The predicted octanol–water partition coefficient (Wildman–Crippen LogP) is 2.50. The first-order chi connectivity index (χ1) is 8.90. The minimum absolute atomic E-state index is 0.158. The van der Waals surface area contributed by atoms with Crippen molar-refractivity contribution in [3.05, 3.63) is 41.1 Å². The van der Waals surface area contributed by atoms with Crippen LogP contribution in [0, 0.1) is 18.6 Å². The molecule has 0 fully saturated rings. The second-order valence-electron chi connectivity index (χ2n) is 3.87. The average Bonchev–Trinajstić information content (AvgIpc) is 2.59. The molecule has 0 unspecified atom stereocenters. The lowest BCUT2D eigenvalue weighted by atomic mass is 10.2. The van der Waals surface area contributed by atoms with Crippen molar-refractivity contribution < 1.29 is 23.4 Å². The van der Waals surface area contributed by atoms with E-state index in [1.807, 2.05) is 0 Å². The van der Waals surface area contributed by atoms with Crippen LogP contribution in [0.3, 0.4) is 0 Å². The molecule has 19 heavy (non-hydrogen) atoms. The standard InChI is InChI=1S/C12H10F2N2O3/c1-6-10(12(17)18)11(16(2)15-6)19-9-5-7(13)3-4-8(9)14/h3-5H,1-2H3,(H,17,18). The number of carboxylic acids is 1. The lowest BCUT2D eigenvalue weighted by molar-refractivity contribution is 0.0693. The van der Waals surface area contributed by atoms with Crippen LogP contribution in [0.5, 0.6) is 11.6 Å². The summed E-state index contributed by atoms with van der Waals surface area (Å²) in [6.07, 6.45) is 0. The number of nitrogens with zero attached hydrogens (tertiary/aromatic N) is 2. The lowest BCUT2D eigenvalue weighted by Gasteiger charge is -2.07. The number of carboxylic acid groups (broad SMARTS) is 1. The molecule has 1 N–H and O–H groups in total. The van der Waals surface area contributed by atoms with Crippen molar-refractivity contribution in [1.82, 2.24) is 9.78 Å². The number of aromatic nitrogens is 2. The quantitative estimate of drug-likeness (QED) is 0.928. The van der Waals surface area contributed by atoms with E-state index in [1.54, 1.807) is 0 Å². The van der Waals surface area contributed by atoms with Crippen molar-refractivity contribution in [1.29, 1.82) is 0 Å². The third kappa shape index (κ3) is 2.40. The molecule has 0 bridgehead atoms. The number of rotatable bonds is 3. The highest BCUT2D eigenvalue weighted by atomic mass is 19.1. The van der Waals surface area contributed by atoms with Gasteiger partial charge in [0.2, 0.25) is 5.88 Å². The maximum atomic E-state index is 13.5. The van der Waals surface area contributed by atoms with Gasteiger partial charge in [0, 0.05) is 13.1 Å². The Morgan fingerprint density at radius 3 is 2.74 bits per heavy atom. The van der Waals surface area contributed by atoms with E-state index in [2.05, 4.69) is 5.10 Å². The molecule has 1 aromatic carbocycles. The summed E-state index contributed by atoms with van der Waals surface area (Å²) < 4.78 is 32.8. The first kappa shape index (κ1) is 13.0. The third-order valence-electron chi connectivity index (χ3n) is 2.48. The average molecular weight is 268 g/mol. The van der Waals surface area contributed by atoms with Crippen LogP contribution >= 0.6 is 0 Å². The van der Waals surface area contributed by atoms with Gasteiger partial charge in [-0.15, -0.1) is 0 Å². The van der Waals surface area contributed by atoms with Crippen molar-refractivity contribution in [2.45, 2.75) is 6.92 Å². The molecule has 0 amide bonds. The molecule has 0 saturated carbocycles. The highest BCUT2D eigenvalue weighted by Crippen LogP contribution is 2.29. The Hall–Kier alpha value is -2.44. The number of hydrogen-bond donors (Lipinski definition) is 1. The molecule has 0 radical (unpaired) electrons. The van der Waals surface area contributed by atoms with E-state index in [0.717, 1.165) is 22.9 Å². The van der Waals surface area contributed by atoms with E-state index in [1.165, 1.54) is 14.0 Å². The molecule has 5 nitrogen and oxygen atoms in total. The van der Waals surface area contributed by atoms with Gasteiger partial charge in [0.15, 0.2) is 11.6 Å². The summed E-state index contributed by atoms with van der Waals surface area (Å²) in [5.74, 6) is -3.29. The first-order valence-electron chi connectivity index (χ1n) is 5.30. The zero-order valence-electron chi connectivity index (χ0n) is 10.1. The van der Waals surface area contributed by atoms with Crippen LogP contribution < -0.4 is 4.74 Å². The highest BCUT2D eigenvalue weighted by molar-refractivity contribution is 5.91. The summed E-state index contributed by atoms with van der Waals surface area (Å²) in [7, 11) is 1.45. The number of hydrogen-bond acceptors (Lipinski definition) is 3. The topological polar surface area (TPSA) is 64.4 Å². The molecule has 1 aromatic heterocycles. The van der Waals surface area contributed by atoms with Crippen LogP contribution in [-0.4, -0.2) is 20.9 Å². The van der Waals surface area contributed by atoms with Gasteiger partial charge >= 0.3 is 5.97 Å². The van der Waals surface area contributed by atoms with Gasteiger partial charge in [-0.25, -0.2) is 18.3 Å². The van der Waals surface area contributed by atoms with Crippen LogP contribution in [-0.2, 0) is 7.05 Å². The van der Waals surface area contributed by atoms with Crippen LogP contribution in [0.4, 0.5) is 8.78 Å². The molecule has 2 aromatic rings. The molecule has 0 saturated heterocycles. The lowest BCUT2D eigenvalue weighted by Crippen LogP contribution is -2.03. The number of benzene rings is 1. The van der Waals surface area contributed by atoms with Crippen molar-refractivity contribution >= 4 is 5.97 Å². The summed E-state index contributed by atoms with van der Waals surface area (Å²) in [5.41, 5.74) is 0.0352. The van der Waals surface area contributed by atoms with E-state index in [-0.39, 0.29) is 17.1 Å².